The van der Waals surface area contributed by atoms with Crippen molar-refractivity contribution in [3.8, 4) is 0 Å². The molecular formula is C12H15Cl2NO. The van der Waals surface area contributed by atoms with E-state index in [0.29, 0.717) is 22.2 Å². The molecule has 2 nitrogen and oxygen atoms in total. The maximum absolute atomic E-state index is 5.92. The Morgan fingerprint density at radius 1 is 1.25 bits per heavy atom. The van der Waals surface area contributed by atoms with E-state index >= 15 is 0 Å². The fourth-order valence-electron chi connectivity index (χ4n) is 1.93. The number of anilines is 1. The van der Waals surface area contributed by atoms with Crippen LogP contribution in [-0.4, -0.2) is 18.8 Å². The number of halogens is 2. The summed E-state index contributed by atoms with van der Waals surface area (Å²) in [5.41, 5.74) is 0.984. The van der Waals surface area contributed by atoms with Gasteiger partial charge in [0, 0.05) is 28.4 Å². The number of hydrogen-bond donors (Lipinski definition) is 1. The topological polar surface area (TPSA) is 21.3 Å². The molecule has 0 aromatic heterocycles. The lowest BCUT2D eigenvalue weighted by molar-refractivity contribution is 0.00299. The van der Waals surface area contributed by atoms with Gasteiger partial charge in [0.05, 0.1) is 6.10 Å². The Bertz CT molecular complexity index is 344. The predicted molar refractivity (Wildman–Crippen MR) is 68.5 cm³/mol. The molecule has 4 heteroatoms. The van der Waals surface area contributed by atoms with Gasteiger partial charge in [-0.25, -0.2) is 0 Å². The van der Waals surface area contributed by atoms with Gasteiger partial charge in [-0.1, -0.05) is 23.2 Å². The number of hydrogen-bond acceptors (Lipinski definition) is 2. The highest BCUT2D eigenvalue weighted by atomic mass is 35.5. The van der Waals surface area contributed by atoms with E-state index in [4.69, 9.17) is 27.9 Å². The van der Waals surface area contributed by atoms with E-state index in [1.165, 1.54) is 0 Å². The Morgan fingerprint density at radius 3 is 2.44 bits per heavy atom. The maximum Gasteiger partial charge on any atom is 0.0614 e. The quantitative estimate of drug-likeness (QED) is 0.884. The number of rotatable bonds is 4. The summed E-state index contributed by atoms with van der Waals surface area (Å²) in [5, 5.41) is 4.72. The molecule has 0 saturated heterocycles. The summed E-state index contributed by atoms with van der Waals surface area (Å²) in [7, 11) is 0. The maximum atomic E-state index is 5.92. The van der Waals surface area contributed by atoms with Crippen molar-refractivity contribution in [1.82, 2.24) is 0 Å². The van der Waals surface area contributed by atoms with Gasteiger partial charge in [-0.15, -0.1) is 0 Å². The third-order valence-electron chi connectivity index (χ3n) is 2.73. The summed E-state index contributed by atoms with van der Waals surface area (Å²) < 4.78 is 5.50. The van der Waals surface area contributed by atoms with Gasteiger partial charge >= 0.3 is 0 Å². The highest BCUT2D eigenvalue weighted by molar-refractivity contribution is 6.35. The van der Waals surface area contributed by atoms with Crippen LogP contribution in [0.4, 0.5) is 5.69 Å². The summed E-state index contributed by atoms with van der Waals surface area (Å²) in [6, 6.07) is 5.99. The van der Waals surface area contributed by atoms with Crippen LogP contribution in [0.25, 0.3) is 0 Å². The number of benzene rings is 1. The molecule has 1 aliphatic carbocycles. The molecule has 1 aliphatic rings. The van der Waals surface area contributed by atoms with Crippen molar-refractivity contribution in [3.05, 3.63) is 28.2 Å². The Kier molecular flexibility index (Phi) is 3.95. The van der Waals surface area contributed by atoms with Crippen LogP contribution in [0.5, 0.6) is 0 Å². The Morgan fingerprint density at radius 2 is 1.88 bits per heavy atom. The predicted octanol–water partition coefficient (Wildman–Crippen LogP) is 3.97. The van der Waals surface area contributed by atoms with Gasteiger partial charge in [0.2, 0.25) is 0 Å². The molecule has 0 radical (unpaired) electrons. The summed E-state index contributed by atoms with van der Waals surface area (Å²) in [4.78, 5) is 0. The zero-order valence-electron chi connectivity index (χ0n) is 9.17. The molecule has 1 fully saturated rings. The molecule has 2 rings (SSSR count). The van der Waals surface area contributed by atoms with Crippen LogP contribution in [0.15, 0.2) is 18.2 Å². The third kappa shape index (κ3) is 3.03. The first-order valence-electron chi connectivity index (χ1n) is 5.51. The van der Waals surface area contributed by atoms with E-state index in [2.05, 4.69) is 5.32 Å². The van der Waals surface area contributed by atoms with E-state index in [0.717, 1.165) is 25.1 Å². The fraction of sp³-hybridized carbons (Fsp3) is 0.500. The zero-order valence-corrected chi connectivity index (χ0v) is 10.7. The van der Waals surface area contributed by atoms with Crippen LogP contribution in [0.1, 0.15) is 19.8 Å². The SMILES string of the molecule is CCOC1CC(Nc2cc(Cl)cc(Cl)c2)C1. The zero-order chi connectivity index (χ0) is 11.5. The lowest BCUT2D eigenvalue weighted by atomic mass is 9.89. The van der Waals surface area contributed by atoms with Crippen LogP contribution in [-0.2, 0) is 4.74 Å². The summed E-state index contributed by atoms with van der Waals surface area (Å²) >= 11 is 11.8. The van der Waals surface area contributed by atoms with Crippen molar-refractivity contribution < 1.29 is 4.74 Å². The first-order valence-corrected chi connectivity index (χ1v) is 6.27. The average Bonchev–Trinajstić information content (AvgIpc) is 2.13. The second-order valence-electron chi connectivity index (χ2n) is 4.05. The first kappa shape index (κ1) is 12.0. The molecule has 0 bridgehead atoms. The van der Waals surface area contributed by atoms with Crippen molar-refractivity contribution in [2.24, 2.45) is 0 Å². The number of nitrogens with one attached hydrogen (secondary N) is 1. The normalized spacial score (nSPS) is 23.9. The van der Waals surface area contributed by atoms with E-state index in [9.17, 15) is 0 Å². The van der Waals surface area contributed by atoms with Gasteiger partial charge < -0.3 is 10.1 Å². The van der Waals surface area contributed by atoms with Crippen LogP contribution in [0.2, 0.25) is 10.0 Å². The molecule has 0 heterocycles. The van der Waals surface area contributed by atoms with Crippen LogP contribution in [0, 0.1) is 0 Å². The standard InChI is InChI=1S/C12H15Cl2NO/c1-2-16-12-6-11(7-12)15-10-4-8(13)3-9(14)5-10/h3-5,11-12,15H,2,6-7H2,1H3. The molecule has 1 saturated carbocycles. The Balaban J connectivity index is 1.86. The van der Waals surface area contributed by atoms with Crippen LogP contribution >= 0.6 is 23.2 Å². The summed E-state index contributed by atoms with van der Waals surface area (Å²) in [5.74, 6) is 0. The average molecular weight is 260 g/mol. The van der Waals surface area contributed by atoms with Gasteiger partial charge in [-0.3, -0.25) is 0 Å². The Hall–Kier alpha value is -0.440. The van der Waals surface area contributed by atoms with E-state index in [-0.39, 0.29) is 0 Å². The summed E-state index contributed by atoms with van der Waals surface area (Å²) in [6.45, 7) is 2.82. The van der Waals surface area contributed by atoms with Crippen LogP contribution < -0.4 is 5.32 Å². The fourth-order valence-corrected chi connectivity index (χ4v) is 2.45. The molecule has 0 aliphatic heterocycles. The molecule has 88 valence electrons. The first-order chi connectivity index (χ1) is 7.67. The number of ether oxygens (including phenoxy) is 1. The van der Waals surface area contributed by atoms with Crippen LogP contribution in [0.3, 0.4) is 0 Å². The molecule has 0 unspecified atom stereocenters. The second kappa shape index (κ2) is 5.26. The minimum Gasteiger partial charge on any atom is -0.382 e. The molecule has 1 aromatic carbocycles. The highest BCUT2D eigenvalue weighted by Gasteiger charge is 2.29. The Labute approximate surface area is 106 Å². The molecule has 0 atom stereocenters. The van der Waals surface area contributed by atoms with Crippen molar-refractivity contribution in [2.75, 3.05) is 11.9 Å². The van der Waals surface area contributed by atoms with Gasteiger partial charge in [0.15, 0.2) is 0 Å². The van der Waals surface area contributed by atoms with Crippen molar-refractivity contribution in [2.45, 2.75) is 31.9 Å². The minimum atomic E-state index is 0.414. The lowest BCUT2D eigenvalue weighted by Gasteiger charge is -2.36. The molecule has 16 heavy (non-hydrogen) atoms. The lowest BCUT2D eigenvalue weighted by Crippen LogP contribution is -2.40. The largest absolute Gasteiger partial charge is 0.382 e. The van der Waals surface area contributed by atoms with Gasteiger partial charge in [-0.05, 0) is 38.0 Å². The highest BCUT2D eigenvalue weighted by Crippen LogP contribution is 2.29. The smallest absolute Gasteiger partial charge is 0.0614 e. The van der Waals surface area contributed by atoms with E-state index in [1.54, 1.807) is 6.07 Å². The molecular weight excluding hydrogens is 245 g/mol. The van der Waals surface area contributed by atoms with Crippen molar-refractivity contribution >= 4 is 28.9 Å². The van der Waals surface area contributed by atoms with E-state index < -0.39 is 0 Å². The van der Waals surface area contributed by atoms with Crippen molar-refractivity contribution in [1.29, 1.82) is 0 Å². The van der Waals surface area contributed by atoms with E-state index in [1.807, 2.05) is 19.1 Å². The monoisotopic (exact) mass is 259 g/mol. The third-order valence-corrected chi connectivity index (χ3v) is 3.17. The van der Waals surface area contributed by atoms with Crippen molar-refractivity contribution in [3.63, 3.8) is 0 Å². The van der Waals surface area contributed by atoms with Gasteiger partial charge in [0.25, 0.3) is 0 Å². The minimum absolute atomic E-state index is 0.414. The second-order valence-corrected chi connectivity index (χ2v) is 4.92. The molecule has 0 spiro atoms. The van der Waals surface area contributed by atoms with Gasteiger partial charge in [0.1, 0.15) is 0 Å². The molecule has 1 N–H and O–H groups in total. The molecule has 1 aromatic rings. The van der Waals surface area contributed by atoms with Gasteiger partial charge in [-0.2, -0.15) is 0 Å². The summed E-state index contributed by atoms with van der Waals surface area (Å²) in [6.07, 6.45) is 2.52. The molecule has 0 amide bonds.